The number of rotatable bonds is 9. The van der Waals surface area contributed by atoms with Gasteiger partial charge in [0.05, 0.1) is 16.1 Å². The molecule has 0 unspecified atom stereocenters. The fraction of sp³-hybridized carbons (Fsp3) is 0.423. The highest BCUT2D eigenvalue weighted by Gasteiger charge is 2.17. The lowest BCUT2D eigenvalue weighted by Gasteiger charge is -2.16. The Kier molecular flexibility index (Phi) is 14.0. The molecule has 2 aromatic rings. The van der Waals surface area contributed by atoms with Crippen molar-refractivity contribution < 1.29 is 19.1 Å². The molecule has 0 saturated carbocycles. The van der Waals surface area contributed by atoms with Crippen molar-refractivity contribution in [3.05, 3.63) is 67.6 Å². The summed E-state index contributed by atoms with van der Waals surface area (Å²) in [5.41, 5.74) is 3.29. The van der Waals surface area contributed by atoms with Crippen LogP contribution < -0.4 is 10.6 Å². The van der Waals surface area contributed by atoms with E-state index in [2.05, 4.69) is 97.7 Å². The van der Waals surface area contributed by atoms with Crippen molar-refractivity contribution in [3.8, 4) is 0 Å². The van der Waals surface area contributed by atoms with Gasteiger partial charge in [-0.05, 0) is 29.8 Å². The third kappa shape index (κ3) is 13.9. The summed E-state index contributed by atoms with van der Waals surface area (Å²) in [7, 11) is -2.54. The average molecular weight is 737 g/mol. The minimum atomic E-state index is -1.30. The molecular weight excluding hydrogens is 700 g/mol. The molecule has 0 atom stereocenters. The molecule has 6 nitrogen and oxygen atoms in total. The molecule has 37 heavy (non-hydrogen) atoms. The molecule has 2 N–H and O–H groups in total. The highest BCUT2D eigenvalue weighted by Crippen LogP contribution is 2.21. The smallest absolute Gasteiger partial charge is 0.302 e. The van der Waals surface area contributed by atoms with Gasteiger partial charge in [-0.1, -0.05) is 99.2 Å². The van der Waals surface area contributed by atoms with Gasteiger partial charge in [0.2, 0.25) is 0 Å². The molecule has 0 aliphatic heterocycles. The van der Waals surface area contributed by atoms with E-state index in [0.717, 1.165) is 37.7 Å². The fourth-order valence-electron chi connectivity index (χ4n) is 2.68. The Morgan fingerprint density at radius 1 is 0.757 bits per heavy atom. The number of hydrogen-bond acceptors (Lipinski definition) is 4. The number of nitrogens with one attached hydrogen (secondary N) is 2. The zero-order valence-corrected chi connectivity index (χ0v) is 29.3. The van der Waals surface area contributed by atoms with Crippen molar-refractivity contribution in [2.75, 3.05) is 12.3 Å². The Labute approximate surface area is 248 Å². The van der Waals surface area contributed by atoms with Gasteiger partial charge in [-0.25, -0.2) is 0 Å². The summed E-state index contributed by atoms with van der Waals surface area (Å²) in [6.07, 6.45) is 1.56. The molecule has 0 bridgehead atoms. The molecule has 0 radical (unpaired) electrons. The number of amides is 2. The molecule has 0 spiro atoms. The minimum absolute atomic E-state index is 0.00856. The van der Waals surface area contributed by atoms with Gasteiger partial charge in [0.1, 0.15) is 6.61 Å². The molecule has 0 aromatic heterocycles. The molecule has 2 amide bonds. The summed E-state index contributed by atoms with van der Waals surface area (Å²) in [6.45, 7) is 14.9. The van der Waals surface area contributed by atoms with Gasteiger partial charge in [-0.2, -0.15) is 0 Å². The zero-order chi connectivity index (χ0) is 28.4. The Morgan fingerprint density at radius 3 is 1.49 bits per heavy atom. The van der Waals surface area contributed by atoms with Gasteiger partial charge in [-0.15, -0.1) is 0 Å². The van der Waals surface area contributed by atoms with Gasteiger partial charge in [0, 0.05) is 50.2 Å². The van der Waals surface area contributed by atoms with Gasteiger partial charge in [0.25, 0.3) is 11.8 Å². The first-order chi connectivity index (χ1) is 17.0. The third-order valence-corrected chi connectivity index (χ3v) is 9.32. The van der Waals surface area contributed by atoms with E-state index in [1.165, 1.54) is 6.92 Å². The highest BCUT2D eigenvalue weighted by atomic mass is 79.9. The van der Waals surface area contributed by atoms with Crippen molar-refractivity contribution >= 4 is 81.7 Å². The largest absolute Gasteiger partial charge is 0.461 e. The second kappa shape index (κ2) is 15.3. The number of halogens is 3. The van der Waals surface area contributed by atoms with Gasteiger partial charge < -0.3 is 15.4 Å². The molecule has 0 heterocycles. The second-order valence-corrected chi connectivity index (χ2v) is 24.2. The van der Waals surface area contributed by atoms with Crippen LogP contribution >= 0.6 is 47.8 Å². The molecule has 2 rings (SSSR count). The summed E-state index contributed by atoms with van der Waals surface area (Å²) in [5, 5.41) is 6.73. The van der Waals surface area contributed by atoms with Crippen LogP contribution in [0.25, 0.3) is 0 Å². The number of esters is 1. The second-order valence-electron chi connectivity index (χ2n) is 11.0. The number of carbonyl (C=O) groups excluding carboxylic acids is 3. The van der Waals surface area contributed by atoms with Crippen molar-refractivity contribution in [1.29, 1.82) is 0 Å². The van der Waals surface area contributed by atoms with Crippen LogP contribution in [0.1, 0.15) is 38.8 Å². The van der Waals surface area contributed by atoms with Gasteiger partial charge in [0.15, 0.2) is 0 Å². The summed E-state index contributed by atoms with van der Waals surface area (Å²) >= 11 is 10.3. The number of benzene rings is 2. The number of alkyl halides is 1. The standard InChI is InChI=1S/C14H20BrNO3Si.C12H17Br2NOSi/c1-10(17)19-8-12-6-5-11(7-13(12)15)14(18)16-9-20(2,3)4;1-17(2,3)8-15-12(16)9-4-5-10(7-13)11(14)6-9/h5-7H,8-9H2,1-4H3,(H,16,18);4-6H,7-8H2,1-3H3,(H,15,16). The van der Waals surface area contributed by atoms with Gasteiger partial charge >= 0.3 is 5.97 Å². The van der Waals surface area contributed by atoms with Crippen LogP contribution in [-0.2, 0) is 21.5 Å². The SMILES string of the molecule is CC(=O)OCc1ccc(C(=O)NC[Si](C)(C)C)cc1Br.C[Si](C)(C)CNC(=O)c1ccc(CBr)c(Br)c1. The Morgan fingerprint density at radius 2 is 1.16 bits per heavy atom. The van der Waals surface area contributed by atoms with Gasteiger partial charge in [-0.3, -0.25) is 14.4 Å². The van der Waals surface area contributed by atoms with E-state index >= 15 is 0 Å². The maximum Gasteiger partial charge on any atom is 0.302 e. The molecule has 0 fully saturated rings. The fourth-order valence-corrected chi connectivity index (χ4v) is 5.94. The van der Waals surface area contributed by atoms with Crippen molar-refractivity contribution in [3.63, 3.8) is 0 Å². The molecule has 204 valence electrons. The summed E-state index contributed by atoms with van der Waals surface area (Å²) in [5.74, 6) is -0.393. The van der Waals surface area contributed by atoms with E-state index < -0.39 is 16.1 Å². The van der Waals surface area contributed by atoms with Crippen LogP contribution in [0.4, 0.5) is 0 Å². The van der Waals surface area contributed by atoms with Crippen molar-refractivity contribution in [2.24, 2.45) is 0 Å². The van der Waals surface area contributed by atoms with E-state index in [-0.39, 0.29) is 24.4 Å². The third-order valence-electron chi connectivity index (χ3n) is 4.76. The summed E-state index contributed by atoms with van der Waals surface area (Å²) < 4.78 is 6.67. The number of carbonyl (C=O) groups is 3. The van der Waals surface area contributed by atoms with E-state index in [1.54, 1.807) is 18.2 Å². The maximum atomic E-state index is 12.0. The van der Waals surface area contributed by atoms with Crippen LogP contribution in [0, 0.1) is 0 Å². The average Bonchev–Trinajstić information content (AvgIpc) is 2.79. The van der Waals surface area contributed by atoms with Crippen LogP contribution in [0.3, 0.4) is 0 Å². The van der Waals surface area contributed by atoms with Crippen LogP contribution in [-0.4, -0.2) is 46.3 Å². The molecule has 0 aliphatic rings. The lowest BCUT2D eigenvalue weighted by atomic mass is 10.1. The minimum Gasteiger partial charge on any atom is -0.461 e. The summed E-state index contributed by atoms with van der Waals surface area (Å²) in [4.78, 5) is 34.7. The molecule has 0 aliphatic carbocycles. The van der Waals surface area contributed by atoms with E-state index in [9.17, 15) is 14.4 Å². The predicted molar refractivity (Wildman–Crippen MR) is 168 cm³/mol. The molecule has 0 saturated heterocycles. The van der Waals surface area contributed by atoms with E-state index in [1.807, 2.05) is 18.2 Å². The van der Waals surface area contributed by atoms with Crippen LogP contribution in [0.15, 0.2) is 45.3 Å². The molecule has 11 heteroatoms. The highest BCUT2D eigenvalue weighted by molar-refractivity contribution is 9.11. The van der Waals surface area contributed by atoms with Crippen molar-refractivity contribution in [1.82, 2.24) is 10.6 Å². The van der Waals surface area contributed by atoms with Crippen molar-refractivity contribution in [2.45, 2.75) is 58.1 Å². The first kappa shape index (κ1) is 33.8. The summed E-state index contributed by atoms with van der Waals surface area (Å²) in [6, 6.07) is 11.0. The van der Waals surface area contributed by atoms with E-state index in [4.69, 9.17) is 4.74 Å². The quantitative estimate of drug-likeness (QED) is 0.164. The van der Waals surface area contributed by atoms with Crippen LogP contribution in [0.2, 0.25) is 39.3 Å². The molecule has 2 aromatic carbocycles. The first-order valence-electron chi connectivity index (χ1n) is 11.8. The number of hydrogen-bond donors (Lipinski definition) is 2. The number of ether oxygens (including phenoxy) is 1. The maximum absolute atomic E-state index is 12.0. The Balaban J connectivity index is 0.000000375. The Hall–Kier alpha value is -1.28. The molecular formula is C26H37Br3N2O4Si2. The normalized spacial score (nSPS) is 11.2. The Bertz CT molecular complexity index is 1100. The van der Waals surface area contributed by atoms with Crippen LogP contribution in [0.5, 0.6) is 0 Å². The lowest BCUT2D eigenvalue weighted by molar-refractivity contribution is -0.142. The van der Waals surface area contributed by atoms with E-state index in [0.29, 0.717) is 11.1 Å². The zero-order valence-electron chi connectivity index (χ0n) is 22.6. The first-order valence-corrected chi connectivity index (χ1v) is 22.0. The topological polar surface area (TPSA) is 84.5 Å². The monoisotopic (exact) mass is 734 g/mol. The predicted octanol–water partition coefficient (Wildman–Crippen LogP) is 7.07. The lowest BCUT2D eigenvalue weighted by Crippen LogP contribution is -2.39.